The summed E-state index contributed by atoms with van der Waals surface area (Å²) < 4.78 is 0. The highest BCUT2D eigenvalue weighted by atomic mass is 16.6. The maximum atomic E-state index is 12.6. The number of oxime groups is 1. The number of hydrogen-bond donors (Lipinski definition) is 0. The molecule has 8 heteroatoms. The van der Waals surface area contributed by atoms with Crippen LogP contribution in [0.1, 0.15) is 24.8 Å². The molecule has 2 amide bonds. The van der Waals surface area contributed by atoms with E-state index in [0.29, 0.717) is 31.6 Å². The smallest absolute Gasteiger partial charge is 0.272 e. The van der Waals surface area contributed by atoms with Crippen molar-refractivity contribution in [3.63, 3.8) is 0 Å². The van der Waals surface area contributed by atoms with Crippen LogP contribution in [0.15, 0.2) is 23.9 Å². The largest absolute Gasteiger partial charge is 0.389 e. The van der Waals surface area contributed by atoms with E-state index in [-0.39, 0.29) is 23.8 Å². The van der Waals surface area contributed by atoms with Crippen LogP contribution in [0.4, 0.5) is 0 Å². The first-order valence-corrected chi connectivity index (χ1v) is 8.77. The molecule has 0 spiro atoms. The van der Waals surface area contributed by atoms with Crippen LogP contribution in [-0.4, -0.2) is 69.6 Å². The lowest BCUT2D eigenvalue weighted by Gasteiger charge is -2.18. The van der Waals surface area contributed by atoms with Gasteiger partial charge in [-0.05, 0) is 24.8 Å². The summed E-state index contributed by atoms with van der Waals surface area (Å²) in [5.74, 6) is -0.0623. The first-order chi connectivity index (χ1) is 12.2. The van der Waals surface area contributed by atoms with Crippen molar-refractivity contribution in [2.45, 2.75) is 31.8 Å². The Morgan fingerprint density at radius 2 is 1.88 bits per heavy atom. The molecule has 3 aliphatic heterocycles. The molecule has 25 heavy (non-hydrogen) atoms. The predicted molar refractivity (Wildman–Crippen MR) is 88.5 cm³/mol. The molecule has 1 aromatic rings. The van der Waals surface area contributed by atoms with Crippen LogP contribution in [0, 0.1) is 5.92 Å². The Balaban J connectivity index is 1.34. The summed E-state index contributed by atoms with van der Waals surface area (Å²) >= 11 is 0. The molecule has 4 rings (SSSR count). The Hall–Kier alpha value is -2.51. The van der Waals surface area contributed by atoms with Gasteiger partial charge in [-0.25, -0.2) is 9.97 Å². The molecule has 8 nitrogen and oxygen atoms in total. The number of nitrogens with zero attached hydrogens (tertiary/aromatic N) is 5. The predicted octanol–water partition coefficient (Wildman–Crippen LogP) is 0.245. The van der Waals surface area contributed by atoms with Crippen LogP contribution in [0.5, 0.6) is 0 Å². The molecule has 1 aromatic heterocycles. The highest BCUT2D eigenvalue weighted by Crippen LogP contribution is 2.29. The third-order valence-corrected chi connectivity index (χ3v) is 5.11. The minimum Gasteiger partial charge on any atom is -0.389 e. The van der Waals surface area contributed by atoms with Crippen LogP contribution < -0.4 is 0 Å². The molecule has 2 fully saturated rings. The molecule has 0 bridgehead atoms. The molecule has 0 saturated carbocycles. The number of carbonyl (C=O) groups excluding carboxylic acids is 2. The third-order valence-electron chi connectivity index (χ3n) is 5.11. The minimum atomic E-state index is -0.189. The molecule has 0 radical (unpaired) electrons. The van der Waals surface area contributed by atoms with Crippen LogP contribution >= 0.6 is 0 Å². The van der Waals surface area contributed by atoms with Crippen molar-refractivity contribution >= 4 is 17.5 Å². The summed E-state index contributed by atoms with van der Waals surface area (Å²) in [6.07, 6.45) is 7.83. The van der Waals surface area contributed by atoms with Gasteiger partial charge in [0.15, 0.2) is 11.8 Å². The Morgan fingerprint density at radius 1 is 1.12 bits per heavy atom. The van der Waals surface area contributed by atoms with E-state index in [2.05, 4.69) is 15.1 Å². The second-order valence-corrected chi connectivity index (χ2v) is 6.77. The van der Waals surface area contributed by atoms with Crippen LogP contribution in [0.3, 0.4) is 0 Å². The quantitative estimate of drug-likeness (QED) is 0.782. The number of aromatic nitrogens is 2. The first kappa shape index (κ1) is 16.0. The fourth-order valence-electron chi connectivity index (χ4n) is 3.69. The van der Waals surface area contributed by atoms with Gasteiger partial charge in [-0.1, -0.05) is 5.16 Å². The van der Waals surface area contributed by atoms with Gasteiger partial charge in [0, 0.05) is 38.4 Å². The lowest BCUT2D eigenvalue weighted by atomic mass is 10.00. The van der Waals surface area contributed by atoms with Crippen molar-refractivity contribution in [1.82, 2.24) is 19.8 Å². The summed E-state index contributed by atoms with van der Waals surface area (Å²) in [5.41, 5.74) is 1.43. The van der Waals surface area contributed by atoms with Crippen molar-refractivity contribution in [2.24, 2.45) is 11.1 Å². The van der Waals surface area contributed by atoms with E-state index in [1.165, 1.54) is 6.33 Å². The van der Waals surface area contributed by atoms with Crippen molar-refractivity contribution in [1.29, 1.82) is 0 Å². The van der Waals surface area contributed by atoms with E-state index in [4.69, 9.17) is 4.84 Å². The monoisotopic (exact) mass is 343 g/mol. The van der Waals surface area contributed by atoms with Crippen molar-refractivity contribution < 1.29 is 14.4 Å². The fraction of sp³-hybridized carbons (Fsp3) is 0.588. The van der Waals surface area contributed by atoms with E-state index in [1.807, 2.05) is 4.90 Å². The van der Waals surface area contributed by atoms with Gasteiger partial charge >= 0.3 is 0 Å². The fourth-order valence-corrected chi connectivity index (χ4v) is 3.69. The standard InChI is InChI=1S/C17H21N5O3/c23-15(4-3-12-7-18-11-19-8-12)22-9-13-14(10-22)25-20-16(13)17(24)21-5-1-2-6-21/h7-8,11,13-14H,1-6,9-10H2/t13-,14+/m0/s1. The lowest BCUT2D eigenvalue weighted by Crippen LogP contribution is -2.39. The van der Waals surface area contributed by atoms with Crippen molar-refractivity contribution in [3.8, 4) is 0 Å². The van der Waals surface area contributed by atoms with Crippen molar-refractivity contribution in [3.05, 3.63) is 24.3 Å². The number of likely N-dealkylation sites (tertiary alicyclic amines) is 2. The number of amides is 2. The number of rotatable bonds is 4. The topological polar surface area (TPSA) is 88.0 Å². The van der Waals surface area contributed by atoms with Crippen LogP contribution in [-0.2, 0) is 20.8 Å². The minimum absolute atomic E-state index is 0.0271. The molecule has 0 N–H and O–H groups in total. The van der Waals surface area contributed by atoms with Gasteiger partial charge in [-0.15, -0.1) is 0 Å². The zero-order valence-electron chi connectivity index (χ0n) is 14.0. The zero-order chi connectivity index (χ0) is 17.2. The third kappa shape index (κ3) is 3.20. The average molecular weight is 343 g/mol. The summed E-state index contributed by atoms with van der Waals surface area (Å²) in [4.78, 5) is 42.0. The van der Waals surface area contributed by atoms with Gasteiger partial charge in [0.2, 0.25) is 5.91 Å². The van der Waals surface area contributed by atoms with E-state index in [9.17, 15) is 9.59 Å². The van der Waals surface area contributed by atoms with Gasteiger partial charge in [-0.2, -0.15) is 0 Å². The summed E-state index contributed by atoms with van der Waals surface area (Å²) in [5, 5.41) is 4.02. The summed E-state index contributed by atoms with van der Waals surface area (Å²) in [6, 6.07) is 0. The molecule has 0 aromatic carbocycles. The molecule has 4 heterocycles. The summed E-state index contributed by atoms with van der Waals surface area (Å²) in [6.45, 7) is 2.58. The number of hydrogen-bond acceptors (Lipinski definition) is 6. The average Bonchev–Trinajstić information content (AvgIpc) is 3.36. The molecular weight excluding hydrogens is 322 g/mol. The Labute approximate surface area is 145 Å². The van der Waals surface area contributed by atoms with Gasteiger partial charge in [0.1, 0.15) is 6.33 Å². The molecule has 0 aliphatic carbocycles. The maximum absolute atomic E-state index is 12.6. The van der Waals surface area contributed by atoms with Gasteiger partial charge in [-0.3, -0.25) is 9.59 Å². The van der Waals surface area contributed by atoms with E-state index >= 15 is 0 Å². The zero-order valence-corrected chi connectivity index (χ0v) is 14.0. The second kappa shape index (κ2) is 6.78. The second-order valence-electron chi connectivity index (χ2n) is 6.77. The normalized spacial score (nSPS) is 24.9. The van der Waals surface area contributed by atoms with Crippen LogP contribution in [0.25, 0.3) is 0 Å². The lowest BCUT2D eigenvalue weighted by molar-refractivity contribution is -0.131. The van der Waals surface area contributed by atoms with Gasteiger partial charge < -0.3 is 14.6 Å². The Bertz CT molecular complexity index is 687. The SMILES string of the molecule is O=C(CCc1cncnc1)N1C[C@@H]2C(C(=O)N3CCCC3)=NO[C@@H]2C1. The molecule has 2 atom stereocenters. The van der Waals surface area contributed by atoms with Crippen molar-refractivity contribution in [2.75, 3.05) is 26.2 Å². The first-order valence-electron chi connectivity index (χ1n) is 8.77. The highest BCUT2D eigenvalue weighted by Gasteiger charge is 2.47. The van der Waals surface area contributed by atoms with E-state index in [1.54, 1.807) is 17.3 Å². The highest BCUT2D eigenvalue weighted by molar-refractivity contribution is 6.40. The number of aryl methyl sites for hydroxylation is 1. The van der Waals surface area contributed by atoms with E-state index in [0.717, 1.165) is 31.5 Å². The molecule has 2 saturated heterocycles. The van der Waals surface area contributed by atoms with E-state index < -0.39 is 0 Å². The molecule has 132 valence electrons. The van der Waals surface area contributed by atoms with Gasteiger partial charge in [0.25, 0.3) is 5.91 Å². The Morgan fingerprint density at radius 3 is 2.64 bits per heavy atom. The Kier molecular flexibility index (Phi) is 4.33. The van der Waals surface area contributed by atoms with Gasteiger partial charge in [0.05, 0.1) is 12.5 Å². The molecule has 0 unspecified atom stereocenters. The summed E-state index contributed by atoms with van der Waals surface area (Å²) in [7, 11) is 0. The molecule has 3 aliphatic rings. The van der Waals surface area contributed by atoms with Crippen LogP contribution in [0.2, 0.25) is 0 Å². The number of fused-ring (bicyclic) bond motifs is 1. The number of carbonyl (C=O) groups is 2. The molecular formula is C17H21N5O3. The maximum Gasteiger partial charge on any atom is 0.272 e.